The Labute approximate surface area is 195 Å². The Morgan fingerprint density at radius 1 is 0.818 bits per heavy atom. The maximum atomic E-state index is 12.3. The van der Waals surface area contributed by atoms with E-state index in [4.69, 9.17) is 4.74 Å². The fourth-order valence-electron chi connectivity index (χ4n) is 3.25. The van der Waals surface area contributed by atoms with Gasteiger partial charge in [0.1, 0.15) is 5.75 Å². The van der Waals surface area contributed by atoms with Gasteiger partial charge >= 0.3 is 0 Å². The van der Waals surface area contributed by atoms with E-state index in [1.54, 1.807) is 19.0 Å². The van der Waals surface area contributed by atoms with Crippen molar-refractivity contribution in [3.63, 3.8) is 0 Å². The molecule has 0 bridgehead atoms. The molecule has 0 radical (unpaired) electrons. The van der Waals surface area contributed by atoms with Crippen molar-refractivity contribution in [3.8, 4) is 5.75 Å². The first-order valence-corrected chi connectivity index (χ1v) is 11.1. The van der Waals surface area contributed by atoms with E-state index in [-0.39, 0.29) is 18.4 Å². The summed E-state index contributed by atoms with van der Waals surface area (Å²) in [5.74, 6) is 0.691. The van der Waals surface area contributed by atoms with Gasteiger partial charge in [-0.25, -0.2) is 0 Å². The predicted molar refractivity (Wildman–Crippen MR) is 133 cm³/mol. The maximum absolute atomic E-state index is 12.3. The zero-order valence-corrected chi connectivity index (χ0v) is 19.2. The lowest BCUT2D eigenvalue weighted by molar-refractivity contribution is -0.128. The van der Waals surface area contributed by atoms with Gasteiger partial charge in [0.25, 0.3) is 0 Å². The lowest BCUT2D eigenvalue weighted by Crippen LogP contribution is -2.22. The smallest absolute Gasteiger partial charge is 0.243 e. The quantitative estimate of drug-likeness (QED) is 0.460. The molecule has 6 heteroatoms. The number of ether oxygens (including phenoxy) is 1. The fraction of sp³-hybridized carbons (Fsp3) is 0.259. The van der Waals surface area contributed by atoms with Gasteiger partial charge in [0, 0.05) is 44.4 Å². The summed E-state index contributed by atoms with van der Waals surface area (Å²) in [6.45, 7) is 0.722. The van der Waals surface area contributed by atoms with Crippen molar-refractivity contribution < 1.29 is 14.3 Å². The highest BCUT2D eigenvalue weighted by Crippen LogP contribution is 2.18. The van der Waals surface area contributed by atoms with Gasteiger partial charge in [-0.15, -0.1) is 0 Å². The summed E-state index contributed by atoms with van der Waals surface area (Å²) in [5, 5.41) is 6.02. The van der Waals surface area contributed by atoms with Crippen molar-refractivity contribution in [2.45, 2.75) is 19.3 Å². The Morgan fingerprint density at radius 3 is 2.27 bits per heavy atom. The van der Waals surface area contributed by atoms with Gasteiger partial charge < -0.3 is 20.3 Å². The zero-order valence-electron chi connectivity index (χ0n) is 19.2. The van der Waals surface area contributed by atoms with Crippen molar-refractivity contribution >= 4 is 23.2 Å². The van der Waals surface area contributed by atoms with Crippen LogP contribution in [0.1, 0.15) is 17.5 Å². The van der Waals surface area contributed by atoms with Crippen LogP contribution in [-0.2, 0) is 22.4 Å². The summed E-state index contributed by atoms with van der Waals surface area (Å²) in [4.78, 5) is 25.6. The van der Waals surface area contributed by atoms with Crippen LogP contribution < -0.4 is 15.4 Å². The highest BCUT2D eigenvalue weighted by Gasteiger charge is 2.06. The summed E-state index contributed by atoms with van der Waals surface area (Å²) in [7, 11) is 3.52. The van der Waals surface area contributed by atoms with Crippen LogP contribution in [-0.4, -0.2) is 44.0 Å². The van der Waals surface area contributed by atoms with E-state index in [9.17, 15) is 9.59 Å². The normalized spacial score (nSPS) is 10.4. The molecule has 0 fully saturated rings. The van der Waals surface area contributed by atoms with Crippen LogP contribution in [0.4, 0.5) is 11.4 Å². The molecule has 0 aliphatic carbocycles. The summed E-state index contributed by atoms with van der Waals surface area (Å²) in [6, 6.07) is 25.4. The van der Waals surface area contributed by atoms with E-state index < -0.39 is 0 Å². The molecule has 0 unspecified atom stereocenters. The zero-order chi connectivity index (χ0) is 23.5. The first kappa shape index (κ1) is 23.9. The average Bonchev–Trinajstić information content (AvgIpc) is 2.83. The number of carbonyl (C=O) groups is 2. The highest BCUT2D eigenvalue weighted by atomic mass is 16.5. The number of benzene rings is 3. The lowest BCUT2D eigenvalue weighted by atomic mass is 10.1. The van der Waals surface area contributed by atoms with Crippen LogP contribution in [0.2, 0.25) is 0 Å². The SMILES string of the molecule is CN(C)C(=O)CCc1ccc(NCC(=O)Nc2cccc(OCCc3ccccc3)c2)cc1. The van der Waals surface area contributed by atoms with E-state index in [0.29, 0.717) is 25.1 Å². The van der Waals surface area contributed by atoms with Gasteiger partial charge in [-0.1, -0.05) is 48.5 Å². The van der Waals surface area contributed by atoms with Gasteiger partial charge in [-0.3, -0.25) is 9.59 Å². The minimum Gasteiger partial charge on any atom is -0.493 e. The number of hydrogen-bond donors (Lipinski definition) is 2. The number of aryl methyl sites for hydroxylation is 1. The molecule has 0 atom stereocenters. The molecule has 33 heavy (non-hydrogen) atoms. The molecule has 3 aromatic rings. The number of carbonyl (C=O) groups excluding carboxylic acids is 2. The number of rotatable bonds is 11. The minimum atomic E-state index is -0.142. The Kier molecular flexibility index (Phi) is 8.88. The van der Waals surface area contributed by atoms with Gasteiger partial charge in [0.15, 0.2) is 0 Å². The summed E-state index contributed by atoms with van der Waals surface area (Å²) in [5.41, 5.74) is 3.86. The topological polar surface area (TPSA) is 70.7 Å². The van der Waals surface area contributed by atoms with Crippen LogP contribution in [0.3, 0.4) is 0 Å². The number of nitrogens with one attached hydrogen (secondary N) is 2. The Hall–Kier alpha value is -3.80. The molecule has 6 nitrogen and oxygen atoms in total. The molecule has 2 amide bonds. The van der Waals surface area contributed by atoms with Gasteiger partial charge in [0.05, 0.1) is 13.2 Å². The molecule has 0 saturated carbocycles. The van der Waals surface area contributed by atoms with Crippen molar-refractivity contribution in [1.29, 1.82) is 0 Å². The molecule has 0 heterocycles. The highest BCUT2D eigenvalue weighted by molar-refractivity contribution is 5.93. The second kappa shape index (κ2) is 12.3. The molecule has 0 aliphatic rings. The monoisotopic (exact) mass is 445 g/mol. The Morgan fingerprint density at radius 2 is 1.55 bits per heavy atom. The number of amides is 2. The van der Waals surface area contributed by atoms with E-state index in [2.05, 4.69) is 22.8 Å². The van der Waals surface area contributed by atoms with Crippen LogP contribution in [0.25, 0.3) is 0 Å². The van der Waals surface area contributed by atoms with E-state index in [1.165, 1.54) is 5.56 Å². The maximum Gasteiger partial charge on any atom is 0.243 e. The third kappa shape index (κ3) is 8.33. The van der Waals surface area contributed by atoms with Gasteiger partial charge in [-0.05, 0) is 41.8 Å². The average molecular weight is 446 g/mol. The van der Waals surface area contributed by atoms with Crippen LogP contribution >= 0.6 is 0 Å². The number of hydrogen-bond acceptors (Lipinski definition) is 4. The largest absolute Gasteiger partial charge is 0.493 e. The molecule has 3 aromatic carbocycles. The van der Waals surface area contributed by atoms with E-state index >= 15 is 0 Å². The molecular weight excluding hydrogens is 414 g/mol. The summed E-state index contributed by atoms with van der Waals surface area (Å²) in [6.07, 6.45) is 2.00. The minimum absolute atomic E-state index is 0.111. The fourth-order valence-corrected chi connectivity index (χ4v) is 3.25. The molecule has 172 valence electrons. The first-order valence-electron chi connectivity index (χ1n) is 11.1. The molecule has 2 N–H and O–H groups in total. The number of anilines is 2. The van der Waals surface area contributed by atoms with Crippen molar-refractivity contribution in [2.24, 2.45) is 0 Å². The molecule has 0 aromatic heterocycles. The van der Waals surface area contributed by atoms with Gasteiger partial charge in [-0.2, -0.15) is 0 Å². The first-order chi connectivity index (χ1) is 16.0. The van der Waals surface area contributed by atoms with E-state index in [1.807, 2.05) is 66.7 Å². The molecule has 0 saturated heterocycles. The van der Waals surface area contributed by atoms with Crippen molar-refractivity contribution in [3.05, 3.63) is 90.0 Å². The van der Waals surface area contributed by atoms with Crippen molar-refractivity contribution in [1.82, 2.24) is 4.90 Å². The Bertz CT molecular complexity index is 1030. The second-order valence-corrected chi connectivity index (χ2v) is 8.00. The standard InChI is InChI=1S/C27H31N3O3/c1-30(2)27(32)16-13-22-11-14-23(15-12-22)28-20-26(31)29-24-9-6-10-25(19-24)33-18-17-21-7-4-3-5-8-21/h3-12,14-15,19,28H,13,16-18,20H2,1-2H3,(H,29,31). The van der Waals surface area contributed by atoms with Crippen LogP contribution in [0.5, 0.6) is 5.75 Å². The third-order valence-corrected chi connectivity index (χ3v) is 5.15. The molecule has 3 rings (SSSR count). The molecular formula is C27H31N3O3. The second-order valence-electron chi connectivity index (χ2n) is 8.00. The summed E-state index contributed by atoms with van der Waals surface area (Å²) >= 11 is 0. The third-order valence-electron chi connectivity index (χ3n) is 5.15. The van der Waals surface area contributed by atoms with E-state index in [0.717, 1.165) is 23.4 Å². The predicted octanol–water partition coefficient (Wildman–Crippen LogP) is 4.38. The molecule has 0 spiro atoms. The Balaban J connectivity index is 1.41. The summed E-state index contributed by atoms with van der Waals surface area (Å²) < 4.78 is 5.83. The van der Waals surface area contributed by atoms with Crippen LogP contribution in [0, 0.1) is 0 Å². The number of nitrogens with zero attached hydrogens (tertiary/aromatic N) is 1. The van der Waals surface area contributed by atoms with Crippen LogP contribution in [0.15, 0.2) is 78.9 Å². The van der Waals surface area contributed by atoms with Gasteiger partial charge in [0.2, 0.25) is 11.8 Å². The van der Waals surface area contributed by atoms with Crippen molar-refractivity contribution in [2.75, 3.05) is 37.9 Å². The molecule has 0 aliphatic heterocycles. The lowest BCUT2D eigenvalue weighted by Gasteiger charge is -2.11.